The lowest BCUT2D eigenvalue weighted by atomic mass is 10.1. The van der Waals surface area contributed by atoms with Crippen molar-refractivity contribution in [3.05, 3.63) is 36.8 Å². The highest BCUT2D eigenvalue weighted by molar-refractivity contribution is 7.89. The molecule has 0 aliphatic carbocycles. The summed E-state index contributed by atoms with van der Waals surface area (Å²) in [6.07, 6.45) is 9.77. The Morgan fingerprint density at radius 1 is 1.08 bits per heavy atom. The van der Waals surface area contributed by atoms with Crippen LogP contribution in [0.25, 0.3) is 33.7 Å². The molecule has 5 heterocycles. The maximum absolute atomic E-state index is 12.8. The molecule has 2 saturated heterocycles. The number of aromatic amines is 1. The summed E-state index contributed by atoms with van der Waals surface area (Å²) in [5.74, 6) is 0. The standard InChI is InChI=1S/C26H33N9O2S/c1-17-5-4-8-34(17)20-11-18(12-21(13-20)38(36,37)27-2)23-15-29-26-25(30-23)22(14-28-26)24-16-35(32-31-24)19-6-9-33(3)10-7-19/h11-17,19,27H,4-10H2,1-3H3,(H,28,29)/t17-/m1/s1. The third kappa shape index (κ3) is 4.56. The van der Waals surface area contributed by atoms with E-state index in [9.17, 15) is 8.42 Å². The average molecular weight is 536 g/mol. The molecular formula is C26H33N9O2S. The van der Waals surface area contributed by atoms with Crippen LogP contribution in [0, 0.1) is 0 Å². The van der Waals surface area contributed by atoms with E-state index in [1.54, 1.807) is 18.3 Å². The molecular weight excluding hydrogens is 502 g/mol. The molecule has 200 valence electrons. The number of rotatable bonds is 6. The summed E-state index contributed by atoms with van der Waals surface area (Å²) >= 11 is 0. The van der Waals surface area contributed by atoms with Crippen LogP contribution in [0.4, 0.5) is 5.69 Å². The van der Waals surface area contributed by atoms with E-state index < -0.39 is 10.0 Å². The number of piperidine rings is 1. The number of sulfonamides is 1. The van der Waals surface area contributed by atoms with Crippen molar-refractivity contribution in [2.75, 3.05) is 38.6 Å². The zero-order chi connectivity index (χ0) is 26.4. The normalized spacial score (nSPS) is 19.6. The van der Waals surface area contributed by atoms with Gasteiger partial charge >= 0.3 is 0 Å². The SMILES string of the molecule is CNS(=O)(=O)c1cc(-c2cnc3[nH]cc(-c4cn(C5CCN(C)CC5)nn4)c3n2)cc(N2CCC[C@H]2C)c1. The highest BCUT2D eigenvalue weighted by Crippen LogP contribution is 2.34. The first kappa shape index (κ1) is 25.0. The Bertz CT molecular complexity index is 1570. The molecule has 2 N–H and O–H groups in total. The molecule has 1 aromatic carbocycles. The first-order valence-electron chi connectivity index (χ1n) is 13.1. The zero-order valence-corrected chi connectivity index (χ0v) is 22.7. The Labute approximate surface area is 222 Å². The van der Waals surface area contributed by atoms with Gasteiger partial charge in [-0.25, -0.2) is 27.8 Å². The molecule has 0 radical (unpaired) electrons. The van der Waals surface area contributed by atoms with Crippen LogP contribution in [0.2, 0.25) is 0 Å². The predicted molar refractivity (Wildman–Crippen MR) is 146 cm³/mol. The van der Waals surface area contributed by atoms with Crippen LogP contribution in [0.1, 0.15) is 38.6 Å². The van der Waals surface area contributed by atoms with Gasteiger partial charge in [-0.2, -0.15) is 0 Å². The summed E-state index contributed by atoms with van der Waals surface area (Å²) in [5.41, 5.74) is 5.05. The van der Waals surface area contributed by atoms with E-state index >= 15 is 0 Å². The smallest absolute Gasteiger partial charge is 0.240 e. The van der Waals surface area contributed by atoms with E-state index in [0.29, 0.717) is 34.5 Å². The van der Waals surface area contributed by atoms with Gasteiger partial charge < -0.3 is 14.8 Å². The quantitative estimate of drug-likeness (QED) is 0.386. The fourth-order valence-electron chi connectivity index (χ4n) is 5.55. The molecule has 38 heavy (non-hydrogen) atoms. The topological polar surface area (TPSA) is 125 Å². The third-order valence-electron chi connectivity index (χ3n) is 7.88. The first-order valence-corrected chi connectivity index (χ1v) is 14.6. The van der Waals surface area contributed by atoms with Crippen molar-refractivity contribution in [3.8, 4) is 22.5 Å². The van der Waals surface area contributed by atoms with Gasteiger partial charge in [-0.1, -0.05) is 5.21 Å². The predicted octanol–water partition coefficient (Wildman–Crippen LogP) is 3.05. The Balaban J connectivity index is 1.40. The Hall–Kier alpha value is -3.35. The van der Waals surface area contributed by atoms with Gasteiger partial charge in [0.15, 0.2) is 5.65 Å². The molecule has 1 atom stereocenters. The summed E-state index contributed by atoms with van der Waals surface area (Å²) in [5, 5.41) is 8.88. The minimum absolute atomic E-state index is 0.212. The Morgan fingerprint density at radius 2 is 1.89 bits per heavy atom. The molecule has 12 heteroatoms. The van der Waals surface area contributed by atoms with Gasteiger partial charge in [0.2, 0.25) is 10.0 Å². The summed E-state index contributed by atoms with van der Waals surface area (Å²) in [7, 11) is -0.0776. The van der Waals surface area contributed by atoms with Crippen molar-refractivity contribution in [3.63, 3.8) is 0 Å². The second kappa shape index (κ2) is 9.75. The molecule has 0 amide bonds. The van der Waals surface area contributed by atoms with Gasteiger partial charge in [-0.15, -0.1) is 5.10 Å². The number of benzene rings is 1. The number of hydrogen-bond donors (Lipinski definition) is 2. The number of aromatic nitrogens is 6. The second-order valence-electron chi connectivity index (χ2n) is 10.4. The fourth-order valence-corrected chi connectivity index (χ4v) is 6.34. The van der Waals surface area contributed by atoms with E-state index in [1.807, 2.05) is 23.1 Å². The molecule has 6 rings (SSSR count). The van der Waals surface area contributed by atoms with Crippen LogP contribution in [0.5, 0.6) is 0 Å². The maximum atomic E-state index is 12.8. The lowest BCUT2D eigenvalue weighted by Crippen LogP contribution is -2.31. The summed E-state index contributed by atoms with van der Waals surface area (Å²) in [4.78, 5) is 17.5. The van der Waals surface area contributed by atoms with E-state index in [0.717, 1.165) is 62.3 Å². The van der Waals surface area contributed by atoms with Crippen molar-refractivity contribution >= 4 is 26.9 Å². The molecule has 3 aromatic heterocycles. The van der Waals surface area contributed by atoms with Crippen LogP contribution in [0.15, 0.2) is 41.7 Å². The number of hydrogen-bond acceptors (Lipinski definition) is 8. The molecule has 11 nitrogen and oxygen atoms in total. The summed E-state index contributed by atoms with van der Waals surface area (Å²) in [6, 6.07) is 6.09. The van der Waals surface area contributed by atoms with Gasteiger partial charge in [-0.3, -0.25) is 0 Å². The minimum atomic E-state index is -3.65. The lowest BCUT2D eigenvalue weighted by molar-refractivity contribution is 0.210. The number of anilines is 1. The first-order chi connectivity index (χ1) is 18.3. The van der Waals surface area contributed by atoms with Crippen LogP contribution >= 0.6 is 0 Å². The molecule has 2 aliphatic rings. The molecule has 2 fully saturated rings. The van der Waals surface area contributed by atoms with E-state index in [-0.39, 0.29) is 4.90 Å². The monoisotopic (exact) mass is 535 g/mol. The van der Waals surface area contributed by atoms with E-state index in [1.165, 1.54) is 7.05 Å². The van der Waals surface area contributed by atoms with Gasteiger partial charge in [0, 0.05) is 35.6 Å². The molecule has 4 aromatic rings. The molecule has 0 saturated carbocycles. The van der Waals surface area contributed by atoms with Crippen LogP contribution < -0.4 is 9.62 Å². The number of H-pyrrole nitrogens is 1. The fraction of sp³-hybridized carbons (Fsp3) is 0.462. The largest absolute Gasteiger partial charge is 0.369 e. The van der Waals surface area contributed by atoms with Crippen LogP contribution in [-0.2, 0) is 10.0 Å². The number of fused-ring (bicyclic) bond motifs is 1. The van der Waals surface area contributed by atoms with Crippen molar-refractivity contribution < 1.29 is 8.42 Å². The van der Waals surface area contributed by atoms with Crippen molar-refractivity contribution in [2.45, 2.75) is 49.6 Å². The maximum Gasteiger partial charge on any atom is 0.240 e. The van der Waals surface area contributed by atoms with Gasteiger partial charge in [0.1, 0.15) is 11.2 Å². The molecule has 0 spiro atoms. The van der Waals surface area contributed by atoms with Gasteiger partial charge in [-0.05, 0) is 78.0 Å². The Kier molecular flexibility index (Phi) is 6.40. The Morgan fingerprint density at radius 3 is 2.63 bits per heavy atom. The lowest BCUT2D eigenvalue weighted by Gasteiger charge is -2.28. The summed E-state index contributed by atoms with van der Waals surface area (Å²) in [6.45, 7) is 5.15. The zero-order valence-electron chi connectivity index (χ0n) is 21.9. The molecule has 2 aliphatic heterocycles. The number of likely N-dealkylation sites (tertiary alicyclic amines) is 1. The average Bonchev–Trinajstić information content (AvgIpc) is 3.68. The summed E-state index contributed by atoms with van der Waals surface area (Å²) < 4.78 is 30.0. The van der Waals surface area contributed by atoms with E-state index in [4.69, 9.17) is 4.98 Å². The molecule has 0 bridgehead atoms. The van der Waals surface area contributed by atoms with Gasteiger partial charge in [0.25, 0.3) is 0 Å². The number of nitrogens with zero attached hydrogens (tertiary/aromatic N) is 7. The highest BCUT2D eigenvalue weighted by Gasteiger charge is 2.25. The van der Waals surface area contributed by atoms with Crippen molar-refractivity contribution in [1.82, 2.24) is 39.6 Å². The van der Waals surface area contributed by atoms with Crippen LogP contribution in [-0.4, -0.2) is 83.0 Å². The van der Waals surface area contributed by atoms with Crippen LogP contribution in [0.3, 0.4) is 0 Å². The highest BCUT2D eigenvalue weighted by atomic mass is 32.2. The molecule has 0 unspecified atom stereocenters. The van der Waals surface area contributed by atoms with Crippen molar-refractivity contribution in [2.24, 2.45) is 0 Å². The second-order valence-corrected chi connectivity index (χ2v) is 12.3. The van der Waals surface area contributed by atoms with Gasteiger partial charge in [0.05, 0.1) is 29.0 Å². The van der Waals surface area contributed by atoms with E-state index in [2.05, 4.69) is 48.8 Å². The minimum Gasteiger partial charge on any atom is -0.369 e. The third-order valence-corrected chi connectivity index (χ3v) is 9.27. The number of nitrogens with one attached hydrogen (secondary N) is 2. The van der Waals surface area contributed by atoms with Crippen molar-refractivity contribution in [1.29, 1.82) is 0 Å².